The number of rotatable bonds is 5. The summed E-state index contributed by atoms with van der Waals surface area (Å²) in [6, 6.07) is 16.6. The third-order valence-electron chi connectivity index (χ3n) is 4.67. The number of aromatic nitrogens is 2. The van der Waals surface area contributed by atoms with Gasteiger partial charge in [-0.25, -0.2) is 0 Å². The lowest BCUT2D eigenvalue weighted by Crippen LogP contribution is -2.32. The van der Waals surface area contributed by atoms with Crippen molar-refractivity contribution in [1.82, 2.24) is 15.1 Å². The number of aromatic hydroxyl groups is 1. The Morgan fingerprint density at radius 1 is 1.15 bits per heavy atom. The van der Waals surface area contributed by atoms with Crippen LogP contribution in [0.1, 0.15) is 27.7 Å². The molecule has 0 saturated carbocycles. The van der Waals surface area contributed by atoms with Crippen molar-refractivity contribution in [2.75, 3.05) is 20.3 Å². The molecule has 2 heterocycles. The van der Waals surface area contributed by atoms with Crippen LogP contribution in [0, 0.1) is 0 Å². The summed E-state index contributed by atoms with van der Waals surface area (Å²) in [5.41, 5.74) is 3.45. The van der Waals surface area contributed by atoms with Gasteiger partial charge in [0.05, 0.1) is 12.6 Å². The summed E-state index contributed by atoms with van der Waals surface area (Å²) >= 11 is 0. The molecule has 132 valence electrons. The fourth-order valence-electron chi connectivity index (χ4n) is 3.48. The second kappa shape index (κ2) is 6.65. The Balaban J connectivity index is 1.88. The SMILES string of the molecule is COCCN1C(=O)c2[nH]nc(-c3ccccc3O)c2C1c1ccccc1. The molecule has 1 unspecified atom stereocenters. The zero-order valence-corrected chi connectivity index (χ0v) is 14.3. The first-order valence-electron chi connectivity index (χ1n) is 8.44. The van der Waals surface area contributed by atoms with Gasteiger partial charge in [-0.3, -0.25) is 9.89 Å². The smallest absolute Gasteiger partial charge is 0.273 e. The molecule has 1 aliphatic heterocycles. The lowest BCUT2D eigenvalue weighted by Gasteiger charge is -2.26. The van der Waals surface area contributed by atoms with E-state index in [4.69, 9.17) is 4.74 Å². The van der Waals surface area contributed by atoms with Crippen LogP contribution in [0.15, 0.2) is 54.6 Å². The molecule has 2 aromatic carbocycles. The fourth-order valence-corrected chi connectivity index (χ4v) is 3.48. The van der Waals surface area contributed by atoms with E-state index in [0.29, 0.717) is 30.1 Å². The van der Waals surface area contributed by atoms with E-state index in [1.807, 2.05) is 36.4 Å². The average molecular weight is 349 g/mol. The zero-order chi connectivity index (χ0) is 18.1. The summed E-state index contributed by atoms with van der Waals surface area (Å²) < 4.78 is 5.19. The standard InChI is InChI=1S/C20H19N3O3/c1-26-12-11-23-19(13-7-3-2-4-8-13)16-17(21-22-18(16)20(23)25)14-9-5-6-10-15(14)24/h2-10,19,24H,11-12H2,1H3,(H,21,22). The number of fused-ring (bicyclic) bond motifs is 1. The first kappa shape index (κ1) is 16.4. The zero-order valence-electron chi connectivity index (χ0n) is 14.3. The van der Waals surface area contributed by atoms with Gasteiger partial charge in [-0.1, -0.05) is 42.5 Å². The molecule has 6 nitrogen and oxygen atoms in total. The van der Waals surface area contributed by atoms with E-state index in [1.165, 1.54) is 0 Å². The number of phenolic OH excluding ortho intramolecular Hbond substituents is 1. The molecule has 26 heavy (non-hydrogen) atoms. The second-order valence-corrected chi connectivity index (χ2v) is 6.18. The van der Waals surface area contributed by atoms with Crippen molar-refractivity contribution < 1.29 is 14.6 Å². The van der Waals surface area contributed by atoms with Crippen LogP contribution in [-0.4, -0.2) is 46.4 Å². The predicted octanol–water partition coefficient (Wildman–Crippen LogP) is 2.97. The molecule has 0 saturated heterocycles. The summed E-state index contributed by atoms with van der Waals surface area (Å²) in [5.74, 6) is 0.0245. The van der Waals surface area contributed by atoms with Crippen molar-refractivity contribution in [1.29, 1.82) is 0 Å². The van der Waals surface area contributed by atoms with Crippen LogP contribution in [0.25, 0.3) is 11.3 Å². The number of nitrogens with one attached hydrogen (secondary N) is 1. The maximum absolute atomic E-state index is 13.0. The number of benzene rings is 2. The Morgan fingerprint density at radius 2 is 1.88 bits per heavy atom. The van der Waals surface area contributed by atoms with Gasteiger partial charge >= 0.3 is 0 Å². The highest BCUT2D eigenvalue weighted by Crippen LogP contribution is 2.44. The maximum atomic E-state index is 13.0. The Hall–Kier alpha value is -3.12. The first-order chi connectivity index (χ1) is 12.7. The summed E-state index contributed by atoms with van der Waals surface area (Å²) in [5, 5.41) is 17.5. The van der Waals surface area contributed by atoms with Gasteiger partial charge in [-0.2, -0.15) is 5.10 Å². The molecule has 4 rings (SSSR count). The molecule has 1 atom stereocenters. The summed E-state index contributed by atoms with van der Waals surface area (Å²) in [6.07, 6.45) is 0. The van der Waals surface area contributed by atoms with Gasteiger partial charge in [0.15, 0.2) is 0 Å². The van der Waals surface area contributed by atoms with Gasteiger partial charge in [0.2, 0.25) is 0 Å². The van der Waals surface area contributed by atoms with E-state index in [1.54, 1.807) is 30.2 Å². The molecule has 6 heteroatoms. The number of hydrogen-bond acceptors (Lipinski definition) is 4. The number of ether oxygens (including phenoxy) is 1. The van der Waals surface area contributed by atoms with Crippen molar-refractivity contribution in [3.8, 4) is 17.0 Å². The van der Waals surface area contributed by atoms with Gasteiger partial charge in [0, 0.05) is 24.8 Å². The number of nitrogens with zero attached hydrogens (tertiary/aromatic N) is 2. The molecule has 0 fully saturated rings. The highest BCUT2D eigenvalue weighted by molar-refractivity contribution is 6.00. The van der Waals surface area contributed by atoms with E-state index in [0.717, 1.165) is 11.1 Å². The van der Waals surface area contributed by atoms with Crippen molar-refractivity contribution in [2.45, 2.75) is 6.04 Å². The van der Waals surface area contributed by atoms with Gasteiger partial charge < -0.3 is 14.7 Å². The molecular formula is C20H19N3O3. The second-order valence-electron chi connectivity index (χ2n) is 6.18. The van der Waals surface area contributed by atoms with Crippen LogP contribution in [0.4, 0.5) is 0 Å². The number of hydrogen-bond donors (Lipinski definition) is 2. The lowest BCUT2D eigenvalue weighted by molar-refractivity contribution is 0.0677. The molecule has 0 spiro atoms. The third kappa shape index (κ3) is 2.55. The Labute approximate surface area is 151 Å². The molecule has 0 radical (unpaired) electrons. The van der Waals surface area contributed by atoms with Crippen molar-refractivity contribution in [3.63, 3.8) is 0 Å². The number of aromatic amines is 1. The maximum Gasteiger partial charge on any atom is 0.273 e. The van der Waals surface area contributed by atoms with Gasteiger partial charge in [-0.15, -0.1) is 0 Å². The minimum absolute atomic E-state index is 0.111. The predicted molar refractivity (Wildman–Crippen MR) is 96.9 cm³/mol. The van der Waals surface area contributed by atoms with Crippen LogP contribution in [0.5, 0.6) is 5.75 Å². The number of para-hydroxylation sites is 1. The molecule has 3 aromatic rings. The summed E-state index contributed by atoms with van der Waals surface area (Å²) in [7, 11) is 1.62. The van der Waals surface area contributed by atoms with Crippen molar-refractivity contribution in [3.05, 3.63) is 71.4 Å². The molecule has 2 N–H and O–H groups in total. The fraction of sp³-hybridized carbons (Fsp3) is 0.200. The van der Waals surface area contributed by atoms with Crippen LogP contribution in [-0.2, 0) is 4.74 Å². The summed E-state index contributed by atoms with van der Waals surface area (Å²) in [4.78, 5) is 14.7. The quantitative estimate of drug-likeness (QED) is 0.742. The van der Waals surface area contributed by atoms with E-state index in [9.17, 15) is 9.90 Å². The number of carbonyl (C=O) groups excluding carboxylic acids is 1. The van der Waals surface area contributed by atoms with E-state index < -0.39 is 0 Å². The number of H-pyrrole nitrogens is 1. The van der Waals surface area contributed by atoms with Gasteiger partial charge in [0.1, 0.15) is 17.1 Å². The first-order valence-corrected chi connectivity index (χ1v) is 8.44. The summed E-state index contributed by atoms with van der Waals surface area (Å²) in [6.45, 7) is 0.913. The van der Waals surface area contributed by atoms with Crippen LogP contribution >= 0.6 is 0 Å². The number of methoxy groups -OCH3 is 1. The number of phenols is 1. The Bertz CT molecular complexity index is 936. The van der Waals surface area contributed by atoms with Crippen LogP contribution in [0.2, 0.25) is 0 Å². The highest BCUT2D eigenvalue weighted by atomic mass is 16.5. The largest absolute Gasteiger partial charge is 0.507 e. The molecule has 1 amide bonds. The normalized spacial score (nSPS) is 16.1. The molecule has 0 bridgehead atoms. The minimum Gasteiger partial charge on any atom is -0.507 e. The van der Waals surface area contributed by atoms with Gasteiger partial charge in [0.25, 0.3) is 5.91 Å². The van der Waals surface area contributed by atoms with Crippen LogP contribution < -0.4 is 0 Å². The van der Waals surface area contributed by atoms with Gasteiger partial charge in [-0.05, 0) is 17.7 Å². The minimum atomic E-state index is -0.276. The molecule has 1 aromatic heterocycles. The average Bonchev–Trinajstić information content (AvgIpc) is 3.20. The highest BCUT2D eigenvalue weighted by Gasteiger charge is 2.42. The monoisotopic (exact) mass is 349 g/mol. The Morgan fingerprint density at radius 3 is 2.62 bits per heavy atom. The van der Waals surface area contributed by atoms with E-state index in [-0.39, 0.29) is 17.7 Å². The molecule has 0 aliphatic carbocycles. The van der Waals surface area contributed by atoms with E-state index in [2.05, 4.69) is 10.2 Å². The Kier molecular flexibility index (Phi) is 4.18. The van der Waals surface area contributed by atoms with Crippen LogP contribution in [0.3, 0.4) is 0 Å². The number of carbonyl (C=O) groups is 1. The topological polar surface area (TPSA) is 78.5 Å². The molecule has 1 aliphatic rings. The van der Waals surface area contributed by atoms with Crippen molar-refractivity contribution in [2.24, 2.45) is 0 Å². The third-order valence-corrected chi connectivity index (χ3v) is 4.67. The number of amides is 1. The molecular weight excluding hydrogens is 330 g/mol. The van der Waals surface area contributed by atoms with Crippen molar-refractivity contribution >= 4 is 5.91 Å². The lowest BCUT2D eigenvalue weighted by atomic mass is 9.96. The van der Waals surface area contributed by atoms with E-state index >= 15 is 0 Å².